The molecule has 0 rings (SSSR count). The lowest BCUT2D eigenvalue weighted by atomic mass is 10.7. The SMILES string of the molecule is CSCS/C=C\CN. The van der Waals surface area contributed by atoms with Gasteiger partial charge in [-0.15, -0.1) is 11.8 Å². The molecule has 0 radical (unpaired) electrons. The van der Waals surface area contributed by atoms with Gasteiger partial charge in [-0.25, -0.2) is 0 Å². The van der Waals surface area contributed by atoms with Gasteiger partial charge in [0.1, 0.15) is 0 Å². The van der Waals surface area contributed by atoms with Crippen molar-refractivity contribution in [2.24, 2.45) is 5.73 Å². The third kappa shape index (κ3) is 6.40. The van der Waals surface area contributed by atoms with Gasteiger partial charge >= 0.3 is 0 Å². The minimum absolute atomic E-state index is 0.654. The third-order valence-corrected chi connectivity index (χ3v) is 2.39. The molecule has 0 aromatic rings. The molecule has 0 bridgehead atoms. The molecule has 0 saturated heterocycles. The summed E-state index contributed by atoms with van der Waals surface area (Å²) in [6.45, 7) is 0.654. The molecule has 48 valence electrons. The fourth-order valence-corrected chi connectivity index (χ4v) is 1.34. The summed E-state index contributed by atoms with van der Waals surface area (Å²) < 4.78 is 0. The minimum atomic E-state index is 0.654. The van der Waals surface area contributed by atoms with Gasteiger partial charge in [0.25, 0.3) is 0 Å². The van der Waals surface area contributed by atoms with Crippen LogP contribution in [0.3, 0.4) is 0 Å². The van der Waals surface area contributed by atoms with E-state index in [1.54, 1.807) is 11.8 Å². The number of rotatable bonds is 4. The van der Waals surface area contributed by atoms with E-state index in [2.05, 4.69) is 6.26 Å². The first kappa shape index (κ1) is 8.40. The summed E-state index contributed by atoms with van der Waals surface area (Å²) in [5.41, 5.74) is 5.20. The molecular formula is C5H11NS2. The van der Waals surface area contributed by atoms with Crippen LogP contribution in [0.2, 0.25) is 0 Å². The summed E-state index contributed by atoms with van der Waals surface area (Å²) in [5, 5.41) is 3.16. The smallest absolute Gasteiger partial charge is 0.0430 e. The van der Waals surface area contributed by atoms with Gasteiger partial charge in [0, 0.05) is 11.6 Å². The Labute approximate surface area is 59.1 Å². The van der Waals surface area contributed by atoms with Crippen molar-refractivity contribution in [3.63, 3.8) is 0 Å². The topological polar surface area (TPSA) is 26.0 Å². The monoisotopic (exact) mass is 149 g/mol. The lowest BCUT2D eigenvalue weighted by molar-refractivity contribution is 1.26. The molecule has 0 saturated carbocycles. The van der Waals surface area contributed by atoms with Crippen LogP contribution in [0.5, 0.6) is 0 Å². The first-order chi connectivity index (χ1) is 3.91. The van der Waals surface area contributed by atoms with Crippen molar-refractivity contribution in [2.75, 3.05) is 17.9 Å². The van der Waals surface area contributed by atoms with Crippen LogP contribution >= 0.6 is 23.5 Å². The maximum Gasteiger partial charge on any atom is 0.0430 e. The molecule has 0 heterocycles. The first-order valence-electron chi connectivity index (χ1n) is 2.37. The van der Waals surface area contributed by atoms with Crippen molar-refractivity contribution >= 4 is 23.5 Å². The van der Waals surface area contributed by atoms with Crippen molar-refractivity contribution in [3.05, 3.63) is 11.5 Å². The number of hydrogen-bond donors (Lipinski definition) is 1. The maximum atomic E-state index is 5.20. The zero-order valence-corrected chi connectivity index (χ0v) is 6.60. The van der Waals surface area contributed by atoms with E-state index in [1.165, 1.54) is 0 Å². The molecule has 0 aromatic carbocycles. The van der Waals surface area contributed by atoms with E-state index in [1.807, 2.05) is 23.2 Å². The van der Waals surface area contributed by atoms with Crippen molar-refractivity contribution in [3.8, 4) is 0 Å². The van der Waals surface area contributed by atoms with Crippen molar-refractivity contribution in [1.29, 1.82) is 0 Å². The maximum absolute atomic E-state index is 5.20. The quantitative estimate of drug-likeness (QED) is 0.485. The molecule has 0 aliphatic carbocycles. The van der Waals surface area contributed by atoms with Gasteiger partial charge in [0.2, 0.25) is 0 Å². The Bertz CT molecular complexity index is 63.4. The Morgan fingerprint density at radius 3 is 2.88 bits per heavy atom. The lowest BCUT2D eigenvalue weighted by Gasteiger charge is -1.85. The number of hydrogen-bond acceptors (Lipinski definition) is 3. The van der Waals surface area contributed by atoms with E-state index in [-0.39, 0.29) is 0 Å². The second-order valence-corrected chi connectivity index (χ2v) is 3.31. The zero-order chi connectivity index (χ0) is 6.24. The van der Waals surface area contributed by atoms with Crippen LogP contribution in [-0.2, 0) is 0 Å². The van der Waals surface area contributed by atoms with Crippen LogP contribution in [0.25, 0.3) is 0 Å². The highest BCUT2D eigenvalue weighted by Crippen LogP contribution is 2.08. The molecule has 8 heavy (non-hydrogen) atoms. The van der Waals surface area contributed by atoms with E-state index in [9.17, 15) is 0 Å². The van der Waals surface area contributed by atoms with Crippen LogP contribution in [0.15, 0.2) is 11.5 Å². The molecule has 2 N–H and O–H groups in total. The molecular weight excluding hydrogens is 138 g/mol. The van der Waals surface area contributed by atoms with Gasteiger partial charge < -0.3 is 5.73 Å². The molecule has 0 aliphatic heterocycles. The molecule has 0 aliphatic rings. The normalized spacial score (nSPS) is 10.8. The Morgan fingerprint density at radius 1 is 1.62 bits per heavy atom. The van der Waals surface area contributed by atoms with Crippen molar-refractivity contribution in [1.82, 2.24) is 0 Å². The first-order valence-corrected chi connectivity index (χ1v) is 4.81. The largest absolute Gasteiger partial charge is 0.327 e. The Hall–Kier alpha value is 0.400. The molecule has 3 heteroatoms. The predicted octanol–water partition coefficient (Wildman–Crippen LogP) is 1.51. The van der Waals surface area contributed by atoms with E-state index >= 15 is 0 Å². The van der Waals surface area contributed by atoms with Gasteiger partial charge in [0.05, 0.1) is 0 Å². The summed E-state index contributed by atoms with van der Waals surface area (Å²) >= 11 is 3.60. The van der Waals surface area contributed by atoms with Crippen LogP contribution < -0.4 is 5.73 Å². The van der Waals surface area contributed by atoms with Crippen LogP contribution in [0, 0.1) is 0 Å². The second kappa shape index (κ2) is 7.40. The van der Waals surface area contributed by atoms with Gasteiger partial charge in [-0.1, -0.05) is 6.08 Å². The van der Waals surface area contributed by atoms with Crippen LogP contribution in [0.4, 0.5) is 0 Å². The highest BCUT2D eigenvalue weighted by atomic mass is 32.2. The Balaban J connectivity index is 2.80. The molecule has 0 atom stereocenters. The molecule has 0 fully saturated rings. The minimum Gasteiger partial charge on any atom is -0.327 e. The summed E-state index contributed by atoms with van der Waals surface area (Å²) in [4.78, 5) is 0. The third-order valence-electron chi connectivity index (χ3n) is 0.514. The van der Waals surface area contributed by atoms with Crippen molar-refractivity contribution < 1.29 is 0 Å². The lowest BCUT2D eigenvalue weighted by Crippen LogP contribution is -1.91. The van der Waals surface area contributed by atoms with Gasteiger partial charge in [-0.05, 0) is 11.7 Å². The Kier molecular flexibility index (Phi) is 7.77. The summed E-state index contributed by atoms with van der Waals surface area (Å²) in [7, 11) is 0. The van der Waals surface area contributed by atoms with Gasteiger partial charge in [-0.3, -0.25) is 0 Å². The van der Waals surface area contributed by atoms with Gasteiger partial charge in [0.15, 0.2) is 0 Å². The standard InChI is InChI=1S/C5H11NS2/c1-7-5-8-4-2-3-6/h2,4H,3,5-6H2,1H3/b4-2-. The fraction of sp³-hybridized carbons (Fsp3) is 0.600. The summed E-state index contributed by atoms with van der Waals surface area (Å²) in [6, 6.07) is 0. The number of nitrogens with two attached hydrogens (primary N) is 1. The van der Waals surface area contributed by atoms with E-state index in [4.69, 9.17) is 5.73 Å². The Morgan fingerprint density at radius 2 is 2.38 bits per heavy atom. The van der Waals surface area contributed by atoms with Crippen LogP contribution in [0.1, 0.15) is 0 Å². The molecule has 0 unspecified atom stereocenters. The average Bonchev–Trinajstić information content (AvgIpc) is 1.81. The predicted molar refractivity (Wildman–Crippen MR) is 44.2 cm³/mol. The van der Waals surface area contributed by atoms with Crippen molar-refractivity contribution in [2.45, 2.75) is 0 Å². The zero-order valence-electron chi connectivity index (χ0n) is 4.96. The van der Waals surface area contributed by atoms with Crippen LogP contribution in [-0.4, -0.2) is 17.9 Å². The summed E-state index contributed by atoms with van der Waals surface area (Å²) in [5.74, 6) is 0. The number of thioether (sulfide) groups is 2. The highest BCUT2D eigenvalue weighted by Gasteiger charge is 1.74. The van der Waals surface area contributed by atoms with E-state index < -0.39 is 0 Å². The molecule has 0 amide bonds. The molecule has 0 spiro atoms. The second-order valence-electron chi connectivity index (χ2n) is 1.18. The molecule has 0 aromatic heterocycles. The summed E-state index contributed by atoms with van der Waals surface area (Å²) in [6.07, 6.45) is 4.05. The van der Waals surface area contributed by atoms with Gasteiger partial charge in [-0.2, -0.15) is 11.8 Å². The molecule has 1 nitrogen and oxygen atoms in total. The average molecular weight is 149 g/mol. The van der Waals surface area contributed by atoms with E-state index in [0.29, 0.717) is 6.54 Å². The fourth-order valence-electron chi connectivity index (χ4n) is 0.231. The van der Waals surface area contributed by atoms with E-state index in [0.717, 1.165) is 5.08 Å². The highest BCUT2D eigenvalue weighted by molar-refractivity contribution is 8.17.